The molecule has 1 amide bonds. The van der Waals surface area contributed by atoms with Crippen LogP contribution in [0, 0.1) is 0 Å². The van der Waals surface area contributed by atoms with E-state index in [-0.39, 0.29) is 18.0 Å². The molecule has 1 aliphatic carbocycles. The first-order valence-corrected chi connectivity index (χ1v) is 8.95. The van der Waals surface area contributed by atoms with Gasteiger partial charge in [0, 0.05) is 36.1 Å². The summed E-state index contributed by atoms with van der Waals surface area (Å²) in [6.45, 7) is 3.82. The van der Waals surface area contributed by atoms with Crippen molar-refractivity contribution in [3.8, 4) is 0 Å². The summed E-state index contributed by atoms with van der Waals surface area (Å²) in [6, 6.07) is 10.1. The van der Waals surface area contributed by atoms with Gasteiger partial charge in [0.1, 0.15) is 0 Å². The number of rotatable bonds is 4. The number of hydrogen-bond acceptors (Lipinski definition) is 3. The fourth-order valence-corrected chi connectivity index (χ4v) is 4.01. The third-order valence-corrected chi connectivity index (χ3v) is 5.24. The van der Waals surface area contributed by atoms with Crippen LogP contribution in [0.15, 0.2) is 36.5 Å². The van der Waals surface area contributed by atoms with Crippen molar-refractivity contribution in [3.05, 3.63) is 47.8 Å². The van der Waals surface area contributed by atoms with Gasteiger partial charge in [-0.1, -0.05) is 18.2 Å². The Morgan fingerprint density at radius 3 is 2.83 bits per heavy atom. The number of nitrogens with zero attached hydrogens (tertiary/aromatic N) is 3. The molecule has 0 spiro atoms. The molecule has 0 saturated carbocycles. The van der Waals surface area contributed by atoms with E-state index in [0.717, 1.165) is 44.5 Å². The fourth-order valence-electron chi connectivity index (χ4n) is 4.01. The Bertz CT molecular complexity index is 724. The number of aryl methyl sites for hydroxylation is 1. The average Bonchev–Trinajstić information content (AvgIpc) is 3.20. The van der Waals surface area contributed by atoms with Gasteiger partial charge in [0.25, 0.3) is 0 Å². The SMILES string of the molecule is CCn1ncc2c1CCC[C@@H]2N[C@H]1CCN(c2ccccc2)C1=O. The van der Waals surface area contributed by atoms with Crippen molar-refractivity contribution < 1.29 is 4.79 Å². The monoisotopic (exact) mass is 324 g/mol. The fraction of sp³-hybridized carbons (Fsp3) is 0.474. The van der Waals surface area contributed by atoms with Crippen molar-refractivity contribution in [2.24, 2.45) is 0 Å². The molecule has 1 aliphatic heterocycles. The third-order valence-electron chi connectivity index (χ3n) is 5.24. The van der Waals surface area contributed by atoms with Gasteiger partial charge in [-0.3, -0.25) is 14.8 Å². The Hall–Kier alpha value is -2.14. The first-order chi connectivity index (χ1) is 11.8. The number of carbonyl (C=O) groups is 1. The first kappa shape index (κ1) is 15.4. The summed E-state index contributed by atoms with van der Waals surface area (Å²) >= 11 is 0. The highest BCUT2D eigenvalue weighted by atomic mass is 16.2. The minimum Gasteiger partial charge on any atom is -0.311 e. The molecule has 2 aliphatic rings. The Kier molecular flexibility index (Phi) is 4.10. The largest absolute Gasteiger partial charge is 0.311 e. The number of benzene rings is 1. The summed E-state index contributed by atoms with van der Waals surface area (Å²) in [5.41, 5.74) is 3.62. The zero-order valence-corrected chi connectivity index (χ0v) is 14.1. The van der Waals surface area contributed by atoms with E-state index in [1.165, 1.54) is 11.3 Å². The molecule has 1 N–H and O–H groups in total. The van der Waals surface area contributed by atoms with Crippen LogP contribution in [0.1, 0.15) is 43.5 Å². The molecule has 2 heterocycles. The van der Waals surface area contributed by atoms with Gasteiger partial charge < -0.3 is 4.90 Å². The van der Waals surface area contributed by atoms with Crippen LogP contribution in [-0.2, 0) is 17.8 Å². The maximum Gasteiger partial charge on any atom is 0.244 e. The molecular weight excluding hydrogens is 300 g/mol. The predicted molar refractivity (Wildman–Crippen MR) is 93.9 cm³/mol. The zero-order valence-electron chi connectivity index (χ0n) is 14.1. The molecule has 0 radical (unpaired) electrons. The van der Waals surface area contributed by atoms with E-state index >= 15 is 0 Å². The lowest BCUT2D eigenvalue weighted by atomic mass is 9.92. The van der Waals surface area contributed by atoms with Gasteiger partial charge in [-0.05, 0) is 44.7 Å². The molecule has 0 bridgehead atoms. The van der Waals surface area contributed by atoms with Crippen molar-refractivity contribution in [2.45, 2.75) is 51.2 Å². The van der Waals surface area contributed by atoms with E-state index in [1.54, 1.807) is 0 Å². The van der Waals surface area contributed by atoms with Crippen molar-refractivity contribution >= 4 is 11.6 Å². The number of amides is 1. The molecule has 5 heteroatoms. The normalized spacial score (nSPS) is 23.5. The maximum absolute atomic E-state index is 12.8. The molecule has 1 aromatic carbocycles. The maximum atomic E-state index is 12.8. The van der Waals surface area contributed by atoms with Crippen LogP contribution in [0.3, 0.4) is 0 Å². The van der Waals surface area contributed by atoms with Crippen molar-refractivity contribution in [1.82, 2.24) is 15.1 Å². The Morgan fingerprint density at radius 1 is 1.21 bits per heavy atom. The van der Waals surface area contributed by atoms with E-state index in [4.69, 9.17) is 0 Å². The first-order valence-electron chi connectivity index (χ1n) is 8.95. The lowest BCUT2D eigenvalue weighted by Crippen LogP contribution is -2.41. The van der Waals surface area contributed by atoms with Crippen LogP contribution >= 0.6 is 0 Å². The quantitative estimate of drug-likeness (QED) is 0.941. The van der Waals surface area contributed by atoms with Crippen LogP contribution in [0.25, 0.3) is 0 Å². The van der Waals surface area contributed by atoms with E-state index in [1.807, 2.05) is 41.4 Å². The van der Waals surface area contributed by atoms with Gasteiger partial charge in [0.2, 0.25) is 5.91 Å². The molecule has 24 heavy (non-hydrogen) atoms. The number of nitrogens with one attached hydrogen (secondary N) is 1. The van der Waals surface area contributed by atoms with Crippen LogP contribution in [0.4, 0.5) is 5.69 Å². The Labute approximate surface area is 142 Å². The number of hydrogen-bond donors (Lipinski definition) is 1. The van der Waals surface area contributed by atoms with Crippen LogP contribution < -0.4 is 10.2 Å². The summed E-state index contributed by atoms with van der Waals surface area (Å²) in [5.74, 6) is 0.191. The predicted octanol–water partition coefficient (Wildman–Crippen LogP) is 2.68. The van der Waals surface area contributed by atoms with Gasteiger partial charge >= 0.3 is 0 Å². The average molecular weight is 324 g/mol. The molecule has 0 unspecified atom stereocenters. The molecule has 5 nitrogen and oxygen atoms in total. The number of aromatic nitrogens is 2. The minimum absolute atomic E-state index is 0.0915. The lowest BCUT2D eigenvalue weighted by Gasteiger charge is -2.27. The highest BCUT2D eigenvalue weighted by Crippen LogP contribution is 2.31. The molecule has 2 aromatic rings. The van der Waals surface area contributed by atoms with Crippen LogP contribution in [0.5, 0.6) is 0 Å². The van der Waals surface area contributed by atoms with E-state index < -0.39 is 0 Å². The highest BCUT2D eigenvalue weighted by molar-refractivity contribution is 5.99. The minimum atomic E-state index is -0.0915. The van der Waals surface area contributed by atoms with Gasteiger partial charge in [-0.25, -0.2) is 0 Å². The molecule has 1 saturated heterocycles. The van der Waals surface area contributed by atoms with E-state index in [2.05, 4.69) is 22.0 Å². The van der Waals surface area contributed by atoms with Gasteiger partial charge in [0.15, 0.2) is 0 Å². The summed E-state index contributed by atoms with van der Waals surface area (Å²) in [4.78, 5) is 14.7. The smallest absolute Gasteiger partial charge is 0.244 e. The zero-order chi connectivity index (χ0) is 16.5. The van der Waals surface area contributed by atoms with Gasteiger partial charge in [0.05, 0.1) is 12.2 Å². The second kappa shape index (κ2) is 6.40. The second-order valence-corrected chi connectivity index (χ2v) is 6.64. The summed E-state index contributed by atoms with van der Waals surface area (Å²) < 4.78 is 2.09. The van der Waals surface area contributed by atoms with Crippen molar-refractivity contribution in [2.75, 3.05) is 11.4 Å². The van der Waals surface area contributed by atoms with Crippen molar-refractivity contribution in [1.29, 1.82) is 0 Å². The molecule has 2 atom stereocenters. The summed E-state index contributed by atoms with van der Waals surface area (Å²) in [7, 11) is 0. The lowest BCUT2D eigenvalue weighted by molar-refractivity contribution is -0.119. The van der Waals surface area contributed by atoms with Gasteiger partial charge in [-0.2, -0.15) is 5.10 Å². The number of anilines is 1. The Morgan fingerprint density at radius 2 is 2.04 bits per heavy atom. The second-order valence-electron chi connectivity index (χ2n) is 6.64. The van der Waals surface area contributed by atoms with Gasteiger partial charge in [-0.15, -0.1) is 0 Å². The molecule has 4 rings (SSSR count). The third kappa shape index (κ3) is 2.63. The topological polar surface area (TPSA) is 50.2 Å². The standard InChI is InChI=1S/C19H24N4O/c1-2-23-18-10-6-9-16(15(18)13-20-23)21-17-11-12-22(19(17)24)14-7-4-3-5-8-14/h3-5,7-8,13,16-17,21H,2,6,9-12H2,1H3/t16-,17-/m0/s1. The van der Waals surface area contributed by atoms with E-state index in [9.17, 15) is 4.79 Å². The van der Waals surface area contributed by atoms with Crippen LogP contribution in [-0.4, -0.2) is 28.3 Å². The number of para-hydroxylation sites is 1. The van der Waals surface area contributed by atoms with Crippen molar-refractivity contribution in [3.63, 3.8) is 0 Å². The Balaban J connectivity index is 1.49. The number of carbonyl (C=O) groups excluding carboxylic acids is 1. The molecule has 1 fully saturated rings. The summed E-state index contributed by atoms with van der Waals surface area (Å²) in [5, 5.41) is 8.12. The van der Waals surface area contributed by atoms with Crippen LogP contribution in [0.2, 0.25) is 0 Å². The number of fused-ring (bicyclic) bond motifs is 1. The molecule has 1 aromatic heterocycles. The molecular formula is C19H24N4O. The summed E-state index contributed by atoms with van der Waals surface area (Å²) in [6.07, 6.45) is 6.18. The molecule has 126 valence electrons. The highest BCUT2D eigenvalue weighted by Gasteiger charge is 2.35. The van der Waals surface area contributed by atoms with E-state index in [0.29, 0.717) is 0 Å².